The molecule has 9 heteroatoms. The topological polar surface area (TPSA) is 76.1 Å². The predicted octanol–water partition coefficient (Wildman–Crippen LogP) is 4.93. The second kappa shape index (κ2) is 7.73. The molecule has 2 amide bonds. The SMILES string of the molecule is O=C(Nc1cnc(Oc2ccccc2)nc1)Nc1ccccc1C(F)(F)F. The number of nitrogens with zero attached hydrogens (tertiary/aromatic N) is 2. The first kappa shape index (κ1) is 18.2. The molecule has 2 N–H and O–H groups in total. The van der Waals surface area contributed by atoms with Gasteiger partial charge in [-0.05, 0) is 24.3 Å². The molecule has 0 radical (unpaired) electrons. The molecular formula is C18H13F3N4O2. The molecule has 0 spiro atoms. The van der Waals surface area contributed by atoms with Crippen LogP contribution in [0.25, 0.3) is 0 Å². The molecule has 0 aliphatic carbocycles. The highest BCUT2D eigenvalue weighted by molar-refractivity contribution is 6.00. The number of halogens is 3. The Morgan fingerprint density at radius 1 is 0.889 bits per heavy atom. The molecule has 0 atom stereocenters. The maximum Gasteiger partial charge on any atom is 0.418 e. The minimum absolute atomic E-state index is 0.0644. The van der Waals surface area contributed by atoms with Crippen molar-refractivity contribution in [1.82, 2.24) is 9.97 Å². The number of hydrogen-bond acceptors (Lipinski definition) is 4. The number of urea groups is 1. The number of rotatable bonds is 4. The number of hydrogen-bond donors (Lipinski definition) is 2. The standard InChI is InChI=1S/C18H13F3N4O2/c19-18(20,21)14-8-4-5-9-15(14)25-16(26)24-12-10-22-17(23-11-12)27-13-6-2-1-3-7-13/h1-11H,(H2,24,25,26). The van der Waals surface area contributed by atoms with E-state index in [4.69, 9.17) is 4.74 Å². The Labute approximate surface area is 152 Å². The van der Waals surface area contributed by atoms with Crippen LogP contribution < -0.4 is 15.4 Å². The Kier molecular flexibility index (Phi) is 5.20. The van der Waals surface area contributed by atoms with Gasteiger partial charge in [0.25, 0.3) is 0 Å². The van der Waals surface area contributed by atoms with Crippen LogP contribution in [-0.2, 0) is 6.18 Å². The van der Waals surface area contributed by atoms with Crippen LogP contribution in [0.1, 0.15) is 5.56 Å². The van der Waals surface area contributed by atoms with Crippen molar-refractivity contribution in [3.8, 4) is 11.8 Å². The second-order valence-electron chi connectivity index (χ2n) is 5.29. The highest BCUT2D eigenvalue weighted by atomic mass is 19.4. The summed E-state index contributed by atoms with van der Waals surface area (Å²) in [4.78, 5) is 19.8. The van der Waals surface area contributed by atoms with Crippen LogP contribution in [0.2, 0.25) is 0 Å². The smallest absolute Gasteiger partial charge is 0.418 e. The lowest BCUT2D eigenvalue weighted by Gasteiger charge is -2.14. The van der Waals surface area contributed by atoms with Crippen molar-refractivity contribution in [2.45, 2.75) is 6.18 Å². The molecular weight excluding hydrogens is 361 g/mol. The summed E-state index contributed by atoms with van der Waals surface area (Å²) in [6.07, 6.45) is -2.02. The van der Waals surface area contributed by atoms with Crippen LogP contribution in [0.15, 0.2) is 67.0 Å². The highest BCUT2D eigenvalue weighted by Crippen LogP contribution is 2.34. The van der Waals surface area contributed by atoms with Gasteiger partial charge in [-0.2, -0.15) is 13.2 Å². The minimum Gasteiger partial charge on any atom is -0.424 e. The van der Waals surface area contributed by atoms with E-state index in [1.807, 2.05) is 6.07 Å². The summed E-state index contributed by atoms with van der Waals surface area (Å²) < 4.78 is 44.2. The molecule has 0 bridgehead atoms. The van der Waals surface area contributed by atoms with Crippen molar-refractivity contribution in [3.63, 3.8) is 0 Å². The fourth-order valence-electron chi connectivity index (χ4n) is 2.15. The molecule has 6 nitrogen and oxygen atoms in total. The average Bonchev–Trinajstić information content (AvgIpc) is 2.64. The maximum absolute atomic E-state index is 12.9. The molecule has 0 saturated carbocycles. The monoisotopic (exact) mass is 374 g/mol. The van der Waals surface area contributed by atoms with Crippen molar-refractivity contribution in [2.75, 3.05) is 10.6 Å². The first-order valence-corrected chi connectivity index (χ1v) is 7.71. The van der Waals surface area contributed by atoms with E-state index >= 15 is 0 Å². The van der Waals surface area contributed by atoms with Gasteiger partial charge in [0.05, 0.1) is 29.3 Å². The molecule has 3 aromatic rings. The van der Waals surface area contributed by atoms with Gasteiger partial charge in [0, 0.05) is 0 Å². The van der Waals surface area contributed by atoms with Crippen molar-refractivity contribution in [1.29, 1.82) is 0 Å². The lowest BCUT2D eigenvalue weighted by molar-refractivity contribution is -0.136. The average molecular weight is 374 g/mol. The molecule has 138 valence electrons. The molecule has 3 rings (SSSR count). The molecule has 0 aliphatic heterocycles. The van der Waals surface area contributed by atoms with Crippen LogP contribution >= 0.6 is 0 Å². The summed E-state index contributed by atoms with van der Waals surface area (Å²) in [6.45, 7) is 0. The summed E-state index contributed by atoms with van der Waals surface area (Å²) in [5.41, 5.74) is -1.10. The third-order valence-electron chi connectivity index (χ3n) is 3.32. The van der Waals surface area contributed by atoms with Crippen LogP contribution in [0.5, 0.6) is 11.8 Å². The Balaban J connectivity index is 1.63. The van der Waals surface area contributed by atoms with Gasteiger partial charge in [0.1, 0.15) is 5.75 Å². The van der Waals surface area contributed by atoms with Gasteiger partial charge in [-0.25, -0.2) is 14.8 Å². The van der Waals surface area contributed by atoms with Crippen LogP contribution in [0, 0.1) is 0 Å². The van der Waals surface area contributed by atoms with Crippen molar-refractivity contribution >= 4 is 17.4 Å². The van der Waals surface area contributed by atoms with Crippen LogP contribution in [-0.4, -0.2) is 16.0 Å². The molecule has 27 heavy (non-hydrogen) atoms. The second-order valence-corrected chi connectivity index (χ2v) is 5.29. The van der Waals surface area contributed by atoms with Gasteiger partial charge < -0.3 is 15.4 Å². The van der Waals surface area contributed by atoms with E-state index in [-0.39, 0.29) is 17.4 Å². The number of aromatic nitrogens is 2. The molecule has 1 aromatic heterocycles. The van der Waals surface area contributed by atoms with E-state index in [2.05, 4.69) is 20.6 Å². The van der Waals surface area contributed by atoms with Crippen LogP contribution in [0.3, 0.4) is 0 Å². The number of nitrogens with one attached hydrogen (secondary N) is 2. The summed E-state index contributed by atoms with van der Waals surface area (Å²) in [6, 6.07) is 12.7. The summed E-state index contributed by atoms with van der Waals surface area (Å²) in [7, 11) is 0. The molecule has 0 unspecified atom stereocenters. The minimum atomic E-state index is -4.58. The number of para-hydroxylation sites is 2. The van der Waals surface area contributed by atoms with E-state index < -0.39 is 17.8 Å². The number of carbonyl (C=O) groups excluding carboxylic acids is 1. The van der Waals surface area contributed by atoms with Gasteiger partial charge in [0.15, 0.2) is 0 Å². The highest BCUT2D eigenvalue weighted by Gasteiger charge is 2.33. The zero-order valence-electron chi connectivity index (χ0n) is 13.7. The van der Waals surface area contributed by atoms with E-state index in [9.17, 15) is 18.0 Å². The largest absolute Gasteiger partial charge is 0.424 e. The number of carbonyl (C=O) groups is 1. The Morgan fingerprint density at radius 3 is 2.19 bits per heavy atom. The number of benzene rings is 2. The third-order valence-corrected chi connectivity index (χ3v) is 3.32. The lowest BCUT2D eigenvalue weighted by Crippen LogP contribution is -2.22. The number of ether oxygens (including phenoxy) is 1. The van der Waals surface area contributed by atoms with Gasteiger partial charge in [-0.3, -0.25) is 0 Å². The zero-order valence-corrected chi connectivity index (χ0v) is 13.7. The lowest BCUT2D eigenvalue weighted by atomic mass is 10.1. The first-order chi connectivity index (χ1) is 12.9. The Morgan fingerprint density at radius 2 is 1.52 bits per heavy atom. The summed E-state index contributed by atoms with van der Waals surface area (Å²) >= 11 is 0. The van der Waals surface area contributed by atoms with E-state index in [0.29, 0.717) is 5.75 Å². The van der Waals surface area contributed by atoms with Crippen molar-refractivity contribution in [2.24, 2.45) is 0 Å². The third kappa shape index (κ3) is 4.94. The Bertz CT molecular complexity index is 916. The maximum atomic E-state index is 12.9. The van der Waals surface area contributed by atoms with E-state index in [1.54, 1.807) is 24.3 Å². The molecule has 1 heterocycles. The molecule has 0 aliphatic rings. The van der Waals surface area contributed by atoms with Crippen LogP contribution in [0.4, 0.5) is 29.3 Å². The van der Waals surface area contributed by atoms with E-state index in [0.717, 1.165) is 12.1 Å². The molecule has 0 saturated heterocycles. The van der Waals surface area contributed by atoms with Gasteiger partial charge in [0.2, 0.25) is 0 Å². The Hall–Kier alpha value is -3.62. The zero-order chi connectivity index (χ0) is 19.3. The normalized spacial score (nSPS) is 10.9. The van der Waals surface area contributed by atoms with Gasteiger partial charge in [-0.1, -0.05) is 30.3 Å². The van der Waals surface area contributed by atoms with Crippen molar-refractivity contribution in [3.05, 3.63) is 72.6 Å². The predicted molar refractivity (Wildman–Crippen MR) is 92.6 cm³/mol. The number of anilines is 2. The van der Waals surface area contributed by atoms with Crippen molar-refractivity contribution < 1.29 is 22.7 Å². The van der Waals surface area contributed by atoms with E-state index in [1.165, 1.54) is 24.5 Å². The number of alkyl halides is 3. The molecule has 0 fully saturated rings. The van der Waals surface area contributed by atoms with Gasteiger partial charge in [-0.15, -0.1) is 0 Å². The first-order valence-electron chi connectivity index (χ1n) is 7.71. The van der Waals surface area contributed by atoms with Gasteiger partial charge >= 0.3 is 18.2 Å². The summed E-state index contributed by atoms with van der Waals surface area (Å²) in [5.74, 6) is 0.541. The quantitative estimate of drug-likeness (QED) is 0.679. The number of amides is 2. The molecule has 2 aromatic carbocycles. The summed E-state index contributed by atoms with van der Waals surface area (Å²) in [5, 5.41) is 4.53. The fraction of sp³-hybridized carbons (Fsp3) is 0.0556. The fourth-order valence-corrected chi connectivity index (χ4v) is 2.15.